The van der Waals surface area contributed by atoms with Gasteiger partial charge in [-0.05, 0) is 46.3 Å². The lowest BCUT2D eigenvalue weighted by molar-refractivity contribution is 1.18. The largest absolute Gasteiger partial charge is 0.399 e. The van der Waals surface area contributed by atoms with Crippen LogP contribution in [0, 0.1) is 0 Å². The molecule has 0 saturated heterocycles. The van der Waals surface area contributed by atoms with Crippen molar-refractivity contribution in [3.8, 4) is 0 Å². The molecule has 0 bridgehead atoms. The molecule has 102 valence electrons. The molecule has 0 saturated carbocycles. The van der Waals surface area contributed by atoms with Crippen LogP contribution in [0.3, 0.4) is 0 Å². The van der Waals surface area contributed by atoms with Crippen molar-refractivity contribution in [2.24, 2.45) is 0 Å². The third-order valence-electron chi connectivity index (χ3n) is 2.80. The fourth-order valence-corrected chi connectivity index (χ4v) is 3.58. The summed E-state index contributed by atoms with van der Waals surface area (Å²) in [7, 11) is 0. The van der Waals surface area contributed by atoms with Gasteiger partial charge in [-0.3, -0.25) is 0 Å². The summed E-state index contributed by atoms with van der Waals surface area (Å²) < 4.78 is 2.95. The van der Waals surface area contributed by atoms with Crippen molar-refractivity contribution in [2.45, 2.75) is 10.6 Å². The third-order valence-corrected chi connectivity index (χ3v) is 5.05. The van der Waals surface area contributed by atoms with E-state index in [2.05, 4.69) is 20.9 Å². The average Bonchev–Trinajstić information content (AvgIpc) is 2.79. The Hall–Kier alpha value is -1.17. The molecule has 0 aliphatic rings. The number of anilines is 1. The minimum atomic E-state index is 0.704. The molecule has 3 rings (SSSR count). The number of nitrogens with zero attached hydrogens (tertiary/aromatic N) is 2. The predicted octanol–water partition coefficient (Wildman–Crippen LogP) is 4.62. The molecule has 0 unspecified atom stereocenters. The van der Waals surface area contributed by atoms with E-state index < -0.39 is 0 Å². The lowest BCUT2D eigenvalue weighted by atomic mass is 10.3. The number of imidazole rings is 1. The number of thioether (sulfide) groups is 1. The zero-order valence-corrected chi connectivity index (χ0v) is 13.5. The minimum Gasteiger partial charge on any atom is -0.399 e. The summed E-state index contributed by atoms with van der Waals surface area (Å²) in [5, 5.41) is 0.704. The van der Waals surface area contributed by atoms with Gasteiger partial charge in [0.1, 0.15) is 5.65 Å². The van der Waals surface area contributed by atoms with Gasteiger partial charge in [0.15, 0.2) is 0 Å². The summed E-state index contributed by atoms with van der Waals surface area (Å²) in [6.07, 6.45) is 3.86. The van der Waals surface area contributed by atoms with Crippen LogP contribution in [0.5, 0.6) is 0 Å². The maximum atomic E-state index is 5.96. The van der Waals surface area contributed by atoms with Crippen LogP contribution in [-0.2, 0) is 5.75 Å². The first-order chi connectivity index (χ1) is 9.61. The Morgan fingerprint density at radius 2 is 2.10 bits per heavy atom. The highest BCUT2D eigenvalue weighted by Crippen LogP contribution is 2.31. The molecule has 1 aromatic carbocycles. The summed E-state index contributed by atoms with van der Waals surface area (Å²) in [6, 6.07) is 9.58. The lowest BCUT2D eigenvalue weighted by Gasteiger charge is -2.03. The number of fused-ring (bicyclic) bond motifs is 1. The number of hydrogen-bond donors (Lipinski definition) is 1. The van der Waals surface area contributed by atoms with E-state index in [0.29, 0.717) is 5.02 Å². The van der Waals surface area contributed by atoms with Gasteiger partial charge in [-0.25, -0.2) is 4.98 Å². The van der Waals surface area contributed by atoms with Crippen molar-refractivity contribution < 1.29 is 0 Å². The summed E-state index contributed by atoms with van der Waals surface area (Å²) in [5.74, 6) is 0.793. The molecular weight excluding hydrogens is 358 g/mol. The summed E-state index contributed by atoms with van der Waals surface area (Å²) in [6.45, 7) is 0. The van der Waals surface area contributed by atoms with E-state index >= 15 is 0 Å². The number of nitrogens with two attached hydrogens (primary N) is 1. The molecule has 0 aliphatic heterocycles. The van der Waals surface area contributed by atoms with Crippen molar-refractivity contribution in [3.63, 3.8) is 0 Å². The molecule has 0 atom stereocenters. The Kier molecular flexibility index (Phi) is 3.92. The van der Waals surface area contributed by atoms with Gasteiger partial charge >= 0.3 is 0 Å². The lowest BCUT2D eigenvalue weighted by Crippen LogP contribution is -1.86. The number of aromatic nitrogens is 2. The molecule has 2 N–H and O–H groups in total. The topological polar surface area (TPSA) is 43.3 Å². The smallest absolute Gasteiger partial charge is 0.137 e. The average molecular weight is 369 g/mol. The minimum absolute atomic E-state index is 0.704. The van der Waals surface area contributed by atoms with E-state index in [4.69, 9.17) is 17.3 Å². The second-order valence-electron chi connectivity index (χ2n) is 4.32. The number of halogens is 2. The molecule has 20 heavy (non-hydrogen) atoms. The van der Waals surface area contributed by atoms with Crippen LogP contribution in [-0.4, -0.2) is 9.38 Å². The van der Waals surface area contributed by atoms with Crippen molar-refractivity contribution in [2.75, 3.05) is 5.73 Å². The summed E-state index contributed by atoms with van der Waals surface area (Å²) in [4.78, 5) is 5.71. The van der Waals surface area contributed by atoms with E-state index in [1.165, 1.54) is 0 Å². The quantitative estimate of drug-likeness (QED) is 0.541. The first-order valence-corrected chi connectivity index (χ1v) is 8.08. The zero-order valence-electron chi connectivity index (χ0n) is 10.4. The van der Waals surface area contributed by atoms with E-state index in [0.717, 1.165) is 32.1 Å². The normalized spacial score (nSPS) is 11.1. The van der Waals surface area contributed by atoms with E-state index in [9.17, 15) is 0 Å². The SMILES string of the molecule is Nc1ccc(SCc2cn3cc(Cl)ccc3n2)c(Br)c1. The number of rotatable bonds is 3. The molecule has 6 heteroatoms. The molecule has 0 amide bonds. The molecule has 0 radical (unpaired) electrons. The van der Waals surface area contributed by atoms with Crippen molar-refractivity contribution >= 4 is 50.6 Å². The van der Waals surface area contributed by atoms with Gasteiger partial charge < -0.3 is 10.1 Å². The molecular formula is C14H11BrClN3S. The van der Waals surface area contributed by atoms with Crippen LogP contribution < -0.4 is 5.73 Å². The van der Waals surface area contributed by atoms with Gasteiger partial charge in [0, 0.05) is 33.2 Å². The summed E-state index contributed by atoms with van der Waals surface area (Å²) >= 11 is 11.2. The van der Waals surface area contributed by atoms with Gasteiger partial charge in [-0.15, -0.1) is 11.8 Å². The van der Waals surface area contributed by atoms with Crippen molar-refractivity contribution in [1.82, 2.24) is 9.38 Å². The third kappa shape index (κ3) is 2.95. The molecule has 2 aromatic heterocycles. The van der Waals surface area contributed by atoms with Crippen molar-refractivity contribution in [1.29, 1.82) is 0 Å². The number of pyridine rings is 1. The van der Waals surface area contributed by atoms with Crippen LogP contribution in [0.2, 0.25) is 5.02 Å². The fourth-order valence-electron chi connectivity index (χ4n) is 1.87. The van der Waals surface area contributed by atoms with Crippen molar-refractivity contribution in [3.05, 3.63) is 57.9 Å². The van der Waals surface area contributed by atoms with Gasteiger partial charge in [0.2, 0.25) is 0 Å². The fraction of sp³-hybridized carbons (Fsp3) is 0.0714. The van der Waals surface area contributed by atoms with Crippen LogP contribution in [0.1, 0.15) is 5.69 Å². The van der Waals surface area contributed by atoms with Gasteiger partial charge in [0.25, 0.3) is 0 Å². The predicted molar refractivity (Wildman–Crippen MR) is 88.3 cm³/mol. The Morgan fingerprint density at radius 3 is 2.90 bits per heavy atom. The second-order valence-corrected chi connectivity index (χ2v) is 6.63. The van der Waals surface area contributed by atoms with Gasteiger partial charge in [-0.1, -0.05) is 11.6 Å². The maximum absolute atomic E-state index is 5.96. The molecule has 3 aromatic rings. The Bertz CT molecular complexity index is 772. The molecule has 0 spiro atoms. The van der Waals surface area contributed by atoms with E-state index in [1.54, 1.807) is 11.8 Å². The number of nitrogen functional groups attached to an aromatic ring is 1. The first kappa shape index (κ1) is 13.8. The number of benzene rings is 1. The van der Waals surface area contributed by atoms with Gasteiger partial charge in [0.05, 0.1) is 10.7 Å². The zero-order chi connectivity index (χ0) is 14.1. The van der Waals surface area contributed by atoms with Crippen LogP contribution >= 0.6 is 39.3 Å². The Labute approximate surface area is 134 Å². The van der Waals surface area contributed by atoms with Crippen LogP contribution in [0.4, 0.5) is 5.69 Å². The summed E-state index contributed by atoms with van der Waals surface area (Å²) in [5.41, 5.74) is 8.40. The Morgan fingerprint density at radius 1 is 1.25 bits per heavy atom. The standard InChI is InChI=1S/C14H11BrClN3S/c15-12-5-10(17)2-3-13(12)20-8-11-7-19-6-9(16)1-4-14(19)18-11/h1-7H,8,17H2. The molecule has 0 fully saturated rings. The first-order valence-electron chi connectivity index (χ1n) is 5.93. The monoisotopic (exact) mass is 367 g/mol. The van der Waals surface area contributed by atoms with Crippen LogP contribution in [0.15, 0.2) is 52.1 Å². The molecule has 3 nitrogen and oxygen atoms in total. The molecule has 2 heterocycles. The van der Waals surface area contributed by atoms with Crippen LogP contribution in [0.25, 0.3) is 5.65 Å². The Balaban J connectivity index is 1.79. The maximum Gasteiger partial charge on any atom is 0.137 e. The highest BCUT2D eigenvalue weighted by atomic mass is 79.9. The van der Waals surface area contributed by atoms with Gasteiger partial charge in [-0.2, -0.15) is 0 Å². The second kappa shape index (κ2) is 5.68. The highest BCUT2D eigenvalue weighted by Gasteiger charge is 2.05. The number of hydrogen-bond acceptors (Lipinski definition) is 3. The highest BCUT2D eigenvalue weighted by molar-refractivity contribution is 9.10. The molecule has 0 aliphatic carbocycles. The van der Waals surface area contributed by atoms with E-state index in [1.807, 2.05) is 47.1 Å². The van der Waals surface area contributed by atoms with E-state index in [-0.39, 0.29) is 0 Å².